The van der Waals surface area contributed by atoms with Crippen molar-refractivity contribution in [1.29, 1.82) is 0 Å². The van der Waals surface area contributed by atoms with Gasteiger partial charge in [-0.05, 0) is 13.8 Å². The molecule has 13 heavy (non-hydrogen) atoms. The van der Waals surface area contributed by atoms with E-state index >= 15 is 0 Å². The summed E-state index contributed by atoms with van der Waals surface area (Å²) in [6.07, 6.45) is 0. The summed E-state index contributed by atoms with van der Waals surface area (Å²) >= 11 is 0. The minimum absolute atomic E-state index is 0.410. The van der Waals surface area contributed by atoms with Gasteiger partial charge in [0.05, 0.1) is 5.41 Å². The Bertz CT molecular complexity index is 206. The predicted molar refractivity (Wildman–Crippen MR) is 48.9 cm³/mol. The lowest BCUT2D eigenvalue weighted by Crippen LogP contribution is -2.46. The fraction of sp³-hybridized carbons (Fsp3) is 0.900. The molecule has 0 aliphatic heterocycles. The zero-order valence-corrected chi connectivity index (χ0v) is 9.16. The topological polar surface area (TPSA) is 17.1 Å². The van der Waals surface area contributed by atoms with E-state index in [4.69, 9.17) is 0 Å². The molecule has 0 N–H and O–H groups in total. The van der Waals surface area contributed by atoms with E-state index in [0.29, 0.717) is 0 Å². The second-order valence-electron chi connectivity index (χ2n) is 5.09. The number of Topliss-reactive ketones (excluding diaryl/α,β-unsaturated/α-hetero) is 1. The first kappa shape index (κ1) is 12.5. The van der Waals surface area contributed by atoms with Crippen LogP contribution in [-0.2, 0) is 4.79 Å². The van der Waals surface area contributed by atoms with Gasteiger partial charge in [-0.15, -0.1) is 0 Å². The van der Waals surface area contributed by atoms with Gasteiger partial charge in [-0.25, -0.2) is 8.78 Å². The normalized spacial score (nSPS) is 14.5. The quantitative estimate of drug-likeness (QED) is 0.656. The van der Waals surface area contributed by atoms with Crippen molar-refractivity contribution in [2.75, 3.05) is 0 Å². The van der Waals surface area contributed by atoms with Gasteiger partial charge in [-0.3, -0.25) is 4.79 Å². The van der Waals surface area contributed by atoms with Gasteiger partial charge in [0, 0.05) is 12.3 Å². The van der Waals surface area contributed by atoms with Crippen LogP contribution in [0.3, 0.4) is 0 Å². The lowest BCUT2D eigenvalue weighted by atomic mass is 9.71. The van der Waals surface area contributed by atoms with Gasteiger partial charge in [0.2, 0.25) is 0 Å². The maximum Gasteiger partial charge on any atom is 0.257 e. The molecule has 0 aromatic rings. The molecule has 0 saturated carbocycles. The molecule has 78 valence electrons. The molecule has 0 fully saturated rings. The molecular weight excluding hydrogens is 174 g/mol. The summed E-state index contributed by atoms with van der Waals surface area (Å²) in [5.74, 6) is -3.38. The van der Waals surface area contributed by atoms with Crippen molar-refractivity contribution in [3.8, 4) is 0 Å². The number of carbonyl (C=O) groups excluding carboxylic acids is 1. The molecule has 0 aliphatic rings. The molecule has 0 bridgehead atoms. The molecular formula is C10H18F2O. The van der Waals surface area contributed by atoms with Crippen LogP contribution in [-0.4, -0.2) is 11.7 Å². The van der Waals surface area contributed by atoms with E-state index in [-0.39, 0.29) is 0 Å². The monoisotopic (exact) mass is 192 g/mol. The van der Waals surface area contributed by atoms with Crippen LogP contribution >= 0.6 is 0 Å². The van der Waals surface area contributed by atoms with Crippen molar-refractivity contribution in [1.82, 2.24) is 0 Å². The molecule has 0 aromatic carbocycles. The van der Waals surface area contributed by atoms with E-state index in [2.05, 4.69) is 0 Å². The van der Waals surface area contributed by atoms with E-state index in [0.717, 1.165) is 6.92 Å². The fourth-order valence-corrected chi connectivity index (χ4v) is 1.14. The third-order valence-electron chi connectivity index (χ3n) is 2.35. The number of halogens is 2. The summed E-state index contributed by atoms with van der Waals surface area (Å²) in [5, 5.41) is 0. The van der Waals surface area contributed by atoms with Gasteiger partial charge in [0.1, 0.15) is 5.78 Å². The predicted octanol–water partition coefficient (Wildman–Crippen LogP) is 3.28. The van der Waals surface area contributed by atoms with Crippen molar-refractivity contribution < 1.29 is 13.6 Å². The highest BCUT2D eigenvalue weighted by molar-refractivity contribution is 5.89. The van der Waals surface area contributed by atoms with Crippen LogP contribution in [0.2, 0.25) is 0 Å². The highest BCUT2D eigenvalue weighted by Crippen LogP contribution is 2.41. The molecule has 0 heterocycles. The van der Waals surface area contributed by atoms with E-state index in [1.807, 2.05) is 0 Å². The second kappa shape index (κ2) is 3.03. The van der Waals surface area contributed by atoms with Gasteiger partial charge in [0.25, 0.3) is 5.92 Å². The zero-order valence-electron chi connectivity index (χ0n) is 9.16. The SMILES string of the molecule is CC(C)(C)C(=O)C(C)(C)C(C)(F)F. The highest BCUT2D eigenvalue weighted by atomic mass is 19.3. The number of alkyl halides is 2. The third-order valence-corrected chi connectivity index (χ3v) is 2.35. The average Bonchev–Trinajstić information content (AvgIpc) is 1.81. The molecule has 0 spiro atoms. The van der Waals surface area contributed by atoms with E-state index < -0.39 is 22.5 Å². The van der Waals surface area contributed by atoms with Crippen LogP contribution in [0, 0.1) is 10.8 Å². The lowest BCUT2D eigenvalue weighted by Gasteiger charge is -2.35. The Hall–Kier alpha value is -0.470. The number of carbonyl (C=O) groups is 1. The minimum Gasteiger partial charge on any atom is -0.298 e. The zero-order chi connectivity index (χ0) is 11.1. The van der Waals surface area contributed by atoms with Gasteiger partial charge in [0.15, 0.2) is 0 Å². The first-order valence-electron chi connectivity index (χ1n) is 4.33. The van der Waals surface area contributed by atoms with Crippen LogP contribution < -0.4 is 0 Å². The smallest absolute Gasteiger partial charge is 0.257 e. The maximum absolute atomic E-state index is 13.1. The van der Waals surface area contributed by atoms with Crippen molar-refractivity contribution in [3.05, 3.63) is 0 Å². The number of ketones is 1. The first-order valence-corrected chi connectivity index (χ1v) is 4.33. The summed E-state index contributed by atoms with van der Waals surface area (Å²) < 4.78 is 26.1. The van der Waals surface area contributed by atoms with Gasteiger partial charge in [-0.1, -0.05) is 20.8 Å². The molecule has 1 nitrogen and oxygen atoms in total. The summed E-state index contributed by atoms with van der Waals surface area (Å²) in [6.45, 7) is 8.34. The Morgan fingerprint density at radius 2 is 1.23 bits per heavy atom. The molecule has 3 heteroatoms. The lowest BCUT2D eigenvalue weighted by molar-refractivity contribution is -0.157. The second-order valence-corrected chi connectivity index (χ2v) is 5.09. The standard InChI is InChI=1S/C10H18F2O/c1-8(2,3)7(13)9(4,5)10(6,11)12/h1-6H3. The maximum atomic E-state index is 13.1. The van der Waals surface area contributed by atoms with Gasteiger partial charge in [-0.2, -0.15) is 0 Å². The minimum atomic E-state index is -2.97. The summed E-state index contributed by atoms with van der Waals surface area (Å²) in [4.78, 5) is 11.7. The summed E-state index contributed by atoms with van der Waals surface area (Å²) in [5.41, 5.74) is -2.31. The van der Waals surface area contributed by atoms with E-state index in [1.165, 1.54) is 13.8 Å². The Morgan fingerprint density at radius 1 is 0.923 bits per heavy atom. The van der Waals surface area contributed by atoms with Gasteiger partial charge >= 0.3 is 0 Å². The van der Waals surface area contributed by atoms with Crippen molar-refractivity contribution in [2.45, 2.75) is 47.5 Å². The largest absolute Gasteiger partial charge is 0.298 e. The number of rotatable bonds is 2. The average molecular weight is 192 g/mol. The Labute approximate surface area is 78.5 Å². The number of hydrogen-bond donors (Lipinski definition) is 0. The number of hydrogen-bond acceptors (Lipinski definition) is 1. The third kappa shape index (κ3) is 2.48. The molecule has 0 radical (unpaired) electrons. The first-order chi connectivity index (χ1) is 5.40. The van der Waals surface area contributed by atoms with Crippen molar-refractivity contribution >= 4 is 5.78 Å². The summed E-state index contributed by atoms with van der Waals surface area (Å²) in [7, 11) is 0. The van der Waals surface area contributed by atoms with Crippen LogP contribution in [0.5, 0.6) is 0 Å². The molecule has 0 amide bonds. The van der Waals surface area contributed by atoms with Gasteiger partial charge < -0.3 is 0 Å². The molecule has 0 unspecified atom stereocenters. The van der Waals surface area contributed by atoms with E-state index in [1.54, 1.807) is 20.8 Å². The molecule has 0 atom stereocenters. The Kier molecular flexibility index (Phi) is 2.92. The van der Waals surface area contributed by atoms with Crippen LogP contribution in [0.25, 0.3) is 0 Å². The molecule has 0 aromatic heterocycles. The molecule has 0 rings (SSSR count). The van der Waals surface area contributed by atoms with Crippen LogP contribution in [0.4, 0.5) is 8.78 Å². The summed E-state index contributed by atoms with van der Waals surface area (Å²) in [6, 6.07) is 0. The Morgan fingerprint density at radius 3 is 1.31 bits per heavy atom. The Balaban J connectivity index is 4.98. The van der Waals surface area contributed by atoms with Crippen molar-refractivity contribution in [3.63, 3.8) is 0 Å². The fourth-order valence-electron chi connectivity index (χ4n) is 1.14. The molecule has 0 aliphatic carbocycles. The van der Waals surface area contributed by atoms with Crippen molar-refractivity contribution in [2.24, 2.45) is 10.8 Å². The van der Waals surface area contributed by atoms with Crippen LogP contribution in [0.15, 0.2) is 0 Å². The highest BCUT2D eigenvalue weighted by Gasteiger charge is 2.50. The molecule has 0 saturated heterocycles. The van der Waals surface area contributed by atoms with Crippen LogP contribution in [0.1, 0.15) is 41.5 Å². The van der Waals surface area contributed by atoms with E-state index in [9.17, 15) is 13.6 Å².